The molecule has 3 aromatic carbocycles. The van der Waals surface area contributed by atoms with Gasteiger partial charge in [0.05, 0.1) is 0 Å². The molecule has 7 heteroatoms. The lowest BCUT2D eigenvalue weighted by molar-refractivity contribution is 0.0998. The molecule has 0 radical (unpaired) electrons. The maximum atomic E-state index is 12.4. The van der Waals surface area contributed by atoms with E-state index in [2.05, 4.69) is 10.0 Å². The number of rotatable bonds is 5. The monoisotopic (exact) mass is 391 g/mol. The molecule has 0 spiro atoms. The van der Waals surface area contributed by atoms with Crippen molar-refractivity contribution in [2.24, 2.45) is 0 Å². The number of nitrogens with one attached hydrogen (secondary N) is 2. The Hall–Kier alpha value is -3.42. The van der Waals surface area contributed by atoms with Crippen LogP contribution in [0, 0.1) is 0 Å². The topological polar surface area (TPSA) is 94.4 Å². The Bertz CT molecular complexity index is 1120. The first-order valence-corrected chi connectivity index (χ1v) is 9.52. The van der Waals surface area contributed by atoms with Crippen LogP contribution in [0.2, 0.25) is 0 Å². The van der Waals surface area contributed by atoms with Crippen LogP contribution in [0.3, 0.4) is 0 Å². The van der Waals surface area contributed by atoms with Gasteiger partial charge in [-0.15, -0.1) is 0 Å². The predicted octanol–water partition coefficient (Wildman–Crippen LogP) is 4.56. The second-order valence-electron chi connectivity index (χ2n) is 6.09. The van der Waals surface area contributed by atoms with E-state index in [1.54, 1.807) is 30.3 Å². The van der Waals surface area contributed by atoms with Crippen molar-refractivity contribution in [3.05, 3.63) is 84.6 Å². The molecule has 4 aromatic rings. The Kier molecular flexibility index (Phi) is 4.92. The van der Waals surface area contributed by atoms with E-state index in [1.165, 1.54) is 0 Å². The van der Waals surface area contributed by atoms with Crippen LogP contribution in [-0.2, 0) is 11.3 Å². The van der Waals surface area contributed by atoms with Gasteiger partial charge in [-0.1, -0.05) is 42.5 Å². The van der Waals surface area contributed by atoms with Gasteiger partial charge in [0, 0.05) is 28.0 Å². The molecular formula is C21H15N2O4S-. The van der Waals surface area contributed by atoms with E-state index >= 15 is 0 Å². The number of carbonyl (C=O) groups is 1. The lowest BCUT2D eigenvalue weighted by Crippen LogP contribution is -2.10. The van der Waals surface area contributed by atoms with Crippen molar-refractivity contribution in [3.8, 4) is 11.1 Å². The molecule has 1 atom stereocenters. The summed E-state index contributed by atoms with van der Waals surface area (Å²) in [4.78, 5) is 12.4. The summed E-state index contributed by atoms with van der Waals surface area (Å²) < 4.78 is 29.2. The summed E-state index contributed by atoms with van der Waals surface area (Å²) in [6.45, 7) is 0. The highest BCUT2D eigenvalue weighted by atomic mass is 32.2. The fourth-order valence-electron chi connectivity index (χ4n) is 2.86. The van der Waals surface area contributed by atoms with Gasteiger partial charge in [-0.05, 0) is 47.5 Å². The first-order chi connectivity index (χ1) is 13.6. The van der Waals surface area contributed by atoms with Crippen LogP contribution in [-0.4, -0.2) is 14.7 Å². The molecule has 1 aromatic heterocycles. The maximum absolute atomic E-state index is 12.4. The van der Waals surface area contributed by atoms with Crippen molar-refractivity contribution in [2.75, 3.05) is 10.0 Å². The van der Waals surface area contributed by atoms with Crippen molar-refractivity contribution >= 4 is 39.5 Å². The summed E-state index contributed by atoms with van der Waals surface area (Å²) in [6.07, 6.45) is 0. The minimum atomic E-state index is -2.35. The zero-order valence-electron chi connectivity index (χ0n) is 14.5. The summed E-state index contributed by atoms with van der Waals surface area (Å²) >= 11 is -2.35. The smallest absolute Gasteiger partial charge is 0.291 e. The highest BCUT2D eigenvalue weighted by Crippen LogP contribution is 2.24. The highest BCUT2D eigenvalue weighted by molar-refractivity contribution is 7.80. The first kappa shape index (κ1) is 18.0. The molecule has 28 heavy (non-hydrogen) atoms. The fourth-order valence-corrected chi connectivity index (χ4v) is 3.19. The summed E-state index contributed by atoms with van der Waals surface area (Å²) in [5.74, 6) is -0.0610. The van der Waals surface area contributed by atoms with Crippen molar-refractivity contribution in [3.63, 3.8) is 0 Å². The van der Waals surface area contributed by atoms with Crippen LogP contribution in [0.15, 0.2) is 83.3 Å². The molecule has 0 bridgehead atoms. The minimum Gasteiger partial charge on any atom is -0.755 e. The van der Waals surface area contributed by atoms with E-state index in [9.17, 15) is 13.6 Å². The lowest BCUT2D eigenvalue weighted by atomic mass is 10.1. The molecule has 4 rings (SSSR count). The molecule has 6 nitrogen and oxygen atoms in total. The second kappa shape index (κ2) is 7.67. The van der Waals surface area contributed by atoms with Gasteiger partial charge in [0.2, 0.25) is 0 Å². The van der Waals surface area contributed by atoms with E-state index in [-0.39, 0.29) is 11.7 Å². The van der Waals surface area contributed by atoms with E-state index in [0.717, 1.165) is 16.5 Å². The molecule has 0 aliphatic carbocycles. The molecule has 0 saturated heterocycles. The van der Waals surface area contributed by atoms with Crippen molar-refractivity contribution in [2.45, 2.75) is 0 Å². The molecular weight excluding hydrogens is 376 g/mol. The Morgan fingerprint density at radius 1 is 0.857 bits per heavy atom. The van der Waals surface area contributed by atoms with E-state index in [1.807, 2.05) is 48.5 Å². The normalized spacial score (nSPS) is 11.9. The quantitative estimate of drug-likeness (QED) is 0.488. The van der Waals surface area contributed by atoms with Gasteiger partial charge >= 0.3 is 0 Å². The largest absolute Gasteiger partial charge is 0.755 e. The molecule has 2 N–H and O–H groups in total. The number of para-hydroxylation sites is 1. The third kappa shape index (κ3) is 3.95. The molecule has 1 amide bonds. The standard InChI is InChI=1S/C21H16N2O4S/c24-21(20-13-16-3-1-2-4-19(16)27-20)22-17-9-5-14(6-10-17)15-7-11-18(12-8-15)23-28(25)26/h1-13,23H,(H,22,24)(H,25,26)/p-1. The van der Waals surface area contributed by atoms with Gasteiger partial charge in [0.1, 0.15) is 5.58 Å². The maximum Gasteiger partial charge on any atom is 0.291 e. The van der Waals surface area contributed by atoms with Gasteiger partial charge in [-0.3, -0.25) is 9.00 Å². The van der Waals surface area contributed by atoms with Crippen molar-refractivity contribution in [1.82, 2.24) is 0 Å². The Morgan fingerprint density at radius 2 is 1.46 bits per heavy atom. The summed E-state index contributed by atoms with van der Waals surface area (Å²) in [5, 5.41) is 3.69. The Balaban J connectivity index is 1.46. The summed E-state index contributed by atoms with van der Waals surface area (Å²) in [5.41, 5.74) is 3.68. The molecule has 0 aliphatic rings. The molecule has 1 unspecified atom stereocenters. The second-order valence-corrected chi connectivity index (χ2v) is 6.77. The fraction of sp³-hybridized carbons (Fsp3) is 0. The van der Waals surface area contributed by atoms with E-state index < -0.39 is 11.3 Å². The van der Waals surface area contributed by atoms with Crippen LogP contribution >= 0.6 is 0 Å². The zero-order chi connectivity index (χ0) is 19.5. The molecule has 0 aliphatic heterocycles. The van der Waals surface area contributed by atoms with Crippen molar-refractivity contribution < 1.29 is 18.0 Å². The van der Waals surface area contributed by atoms with Crippen LogP contribution in [0.4, 0.5) is 11.4 Å². The van der Waals surface area contributed by atoms with Gasteiger partial charge in [-0.2, -0.15) is 0 Å². The van der Waals surface area contributed by atoms with Crippen LogP contribution in [0.1, 0.15) is 10.6 Å². The Labute approximate surface area is 163 Å². The zero-order valence-corrected chi connectivity index (χ0v) is 15.4. The number of benzene rings is 3. The summed E-state index contributed by atoms with van der Waals surface area (Å²) in [7, 11) is 0. The highest BCUT2D eigenvalue weighted by Gasteiger charge is 2.12. The van der Waals surface area contributed by atoms with E-state index in [4.69, 9.17) is 4.42 Å². The van der Waals surface area contributed by atoms with Gasteiger partial charge in [-0.25, -0.2) is 0 Å². The predicted molar refractivity (Wildman–Crippen MR) is 109 cm³/mol. The van der Waals surface area contributed by atoms with Crippen molar-refractivity contribution in [1.29, 1.82) is 0 Å². The first-order valence-electron chi connectivity index (χ1n) is 8.45. The number of furan rings is 1. The van der Waals surface area contributed by atoms with Crippen LogP contribution in [0.5, 0.6) is 0 Å². The SMILES string of the molecule is O=C(Nc1ccc(-c2ccc(NS(=O)[O-])cc2)cc1)c1cc2ccccc2o1. The van der Waals surface area contributed by atoms with E-state index in [0.29, 0.717) is 17.0 Å². The Morgan fingerprint density at radius 3 is 2.07 bits per heavy atom. The third-order valence-corrected chi connectivity index (χ3v) is 4.61. The molecule has 140 valence electrons. The molecule has 0 saturated carbocycles. The van der Waals surface area contributed by atoms with Crippen LogP contribution in [0.25, 0.3) is 22.1 Å². The molecule has 0 fully saturated rings. The number of hydrogen-bond donors (Lipinski definition) is 2. The van der Waals surface area contributed by atoms with Gasteiger partial charge < -0.3 is 19.0 Å². The number of carbonyl (C=O) groups excluding carboxylic acids is 1. The number of anilines is 2. The van der Waals surface area contributed by atoms with Gasteiger partial charge in [0.25, 0.3) is 5.91 Å². The van der Waals surface area contributed by atoms with Gasteiger partial charge in [0.15, 0.2) is 5.76 Å². The number of hydrogen-bond acceptors (Lipinski definition) is 4. The lowest BCUT2D eigenvalue weighted by Gasteiger charge is -2.09. The number of amides is 1. The summed E-state index contributed by atoms with van der Waals surface area (Å²) in [6, 6.07) is 23.5. The average Bonchev–Trinajstić information content (AvgIpc) is 3.13. The number of fused-ring (bicyclic) bond motifs is 1. The van der Waals surface area contributed by atoms with Crippen LogP contribution < -0.4 is 10.0 Å². The third-order valence-electron chi connectivity index (χ3n) is 4.21. The average molecular weight is 391 g/mol. The molecule has 1 heterocycles. The minimum absolute atomic E-state index is 0.254.